The first-order valence-corrected chi connectivity index (χ1v) is 13.5. The van der Waals surface area contributed by atoms with Gasteiger partial charge in [-0.15, -0.1) is 5.10 Å². The van der Waals surface area contributed by atoms with Crippen LogP contribution in [0.4, 0.5) is 0 Å². The second-order valence-corrected chi connectivity index (χ2v) is 10.2. The van der Waals surface area contributed by atoms with Crippen molar-refractivity contribution in [2.75, 3.05) is 13.2 Å². The fourth-order valence-corrected chi connectivity index (χ4v) is 5.63. The molecule has 1 fully saturated rings. The summed E-state index contributed by atoms with van der Waals surface area (Å²) < 4.78 is 10.0. The molecule has 8 nitrogen and oxygen atoms in total. The van der Waals surface area contributed by atoms with Gasteiger partial charge in [0.2, 0.25) is 0 Å². The summed E-state index contributed by atoms with van der Waals surface area (Å²) in [6.07, 6.45) is 6.14. The van der Waals surface area contributed by atoms with Gasteiger partial charge in [-0.3, -0.25) is 0 Å². The van der Waals surface area contributed by atoms with E-state index in [9.17, 15) is 0 Å². The highest BCUT2D eigenvalue weighted by Gasteiger charge is 2.23. The maximum atomic E-state index is 6.13. The zero-order valence-corrected chi connectivity index (χ0v) is 21.3. The van der Waals surface area contributed by atoms with Crippen molar-refractivity contribution in [3.63, 3.8) is 0 Å². The number of hydrogen-bond donors (Lipinski definition) is 2. The number of aromatic nitrogens is 5. The van der Waals surface area contributed by atoms with Crippen LogP contribution >= 0.6 is 0 Å². The number of nitrogens with two attached hydrogens (primary N) is 1. The Balaban J connectivity index is 1.33. The summed E-state index contributed by atoms with van der Waals surface area (Å²) in [5, 5.41) is 18.6. The Morgan fingerprint density at radius 2 is 1.95 bits per heavy atom. The van der Waals surface area contributed by atoms with Crippen LogP contribution in [0.25, 0.3) is 39.1 Å². The number of hydrogen-bond acceptors (Lipinski definition) is 6. The molecule has 192 valence electrons. The van der Waals surface area contributed by atoms with Crippen LogP contribution in [0, 0.1) is 0 Å². The standard InChI is InChI=1S/C30H31N7O/c31-17-20-4-3-5-22(14-20)23-8-10-28-26(16-23)30(34-37(28)29-6-1-2-13-38-29)27-19-36(35-33-27)25-9-7-21-11-12-32-18-24(21)15-25/h3-5,7-10,14-16,19,29,32H,1-2,6,11-13,17-18,31H2. The topological polar surface area (TPSA) is 95.8 Å². The molecule has 0 saturated carbocycles. The lowest BCUT2D eigenvalue weighted by atomic mass is 10.0. The Morgan fingerprint density at radius 1 is 1.00 bits per heavy atom. The third kappa shape index (κ3) is 4.20. The minimum Gasteiger partial charge on any atom is -0.356 e. The van der Waals surface area contributed by atoms with Crippen LogP contribution in [-0.4, -0.2) is 37.9 Å². The number of nitrogens with one attached hydrogen (secondary N) is 1. The van der Waals surface area contributed by atoms with E-state index in [1.807, 2.05) is 15.6 Å². The van der Waals surface area contributed by atoms with E-state index in [1.165, 1.54) is 11.1 Å². The molecule has 38 heavy (non-hydrogen) atoms. The van der Waals surface area contributed by atoms with E-state index in [-0.39, 0.29) is 6.23 Å². The molecule has 0 spiro atoms. The molecular weight excluding hydrogens is 474 g/mol. The van der Waals surface area contributed by atoms with Gasteiger partial charge in [0.15, 0.2) is 6.23 Å². The first kappa shape index (κ1) is 23.3. The van der Waals surface area contributed by atoms with Crippen molar-refractivity contribution in [1.29, 1.82) is 0 Å². The van der Waals surface area contributed by atoms with Crippen LogP contribution in [0.15, 0.2) is 66.9 Å². The summed E-state index contributed by atoms with van der Waals surface area (Å²) >= 11 is 0. The van der Waals surface area contributed by atoms with Gasteiger partial charge in [-0.2, -0.15) is 5.10 Å². The number of nitrogens with zero attached hydrogens (tertiary/aromatic N) is 5. The summed E-state index contributed by atoms with van der Waals surface area (Å²) in [6, 6.07) is 21.4. The highest BCUT2D eigenvalue weighted by Crippen LogP contribution is 2.35. The molecule has 0 bridgehead atoms. The minimum absolute atomic E-state index is 0.0744. The SMILES string of the molecule is NCc1cccc(-c2ccc3c(c2)c(-c2cn(-c4ccc5c(c4)CNCC5)nn2)nn3C2CCCCO2)c1. The summed E-state index contributed by atoms with van der Waals surface area (Å²) in [5.41, 5.74) is 15.6. The first-order valence-electron chi connectivity index (χ1n) is 13.5. The van der Waals surface area contributed by atoms with Gasteiger partial charge < -0.3 is 15.8 Å². The Morgan fingerprint density at radius 3 is 2.84 bits per heavy atom. The number of fused-ring (bicyclic) bond motifs is 2. The molecule has 7 rings (SSSR count). The molecule has 5 aromatic rings. The van der Waals surface area contributed by atoms with Gasteiger partial charge in [-0.25, -0.2) is 9.36 Å². The van der Waals surface area contributed by atoms with Crippen LogP contribution in [0.5, 0.6) is 0 Å². The molecule has 8 heteroatoms. The van der Waals surface area contributed by atoms with Crippen molar-refractivity contribution < 1.29 is 4.74 Å². The van der Waals surface area contributed by atoms with Crippen molar-refractivity contribution in [2.45, 2.75) is 45.0 Å². The molecule has 2 aliphatic rings. The minimum atomic E-state index is -0.0744. The van der Waals surface area contributed by atoms with E-state index in [0.717, 1.165) is 90.0 Å². The van der Waals surface area contributed by atoms with Crippen LogP contribution in [0.1, 0.15) is 42.2 Å². The van der Waals surface area contributed by atoms with Crippen molar-refractivity contribution in [3.8, 4) is 28.2 Å². The van der Waals surface area contributed by atoms with Crippen LogP contribution in [0.2, 0.25) is 0 Å². The molecular formula is C30H31N7O. The number of ether oxygens (including phenoxy) is 1. The Kier molecular flexibility index (Phi) is 6.00. The molecule has 0 aliphatic carbocycles. The van der Waals surface area contributed by atoms with E-state index in [4.69, 9.17) is 15.6 Å². The third-order valence-electron chi connectivity index (χ3n) is 7.71. The fraction of sp³-hybridized carbons (Fsp3) is 0.300. The van der Waals surface area contributed by atoms with E-state index in [0.29, 0.717) is 6.54 Å². The van der Waals surface area contributed by atoms with Gasteiger partial charge in [0.1, 0.15) is 11.4 Å². The quantitative estimate of drug-likeness (QED) is 0.358. The van der Waals surface area contributed by atoms with Gasteiger partial charge >= 0.3 is 0 Å². The summed E-state index contributed by atoms with van der Waals surface area (Å²) in [5.74, 6) is 0. The van der Waals surface area contributed by atoms with Crippen LogP contribution < -0.4 is 11.1 Å². The Bertz CT molecular complexity index is 1610. The molecule has 3 N–H and O–H groups in total. The molecule has 2 aromatic heterocycles. The number of rotatable bonds is 5. The Hall–Kier alpha value is -3.85. The highest BCUT2D eigenvalue weighted by molar-refractivity contribution is 5.95. The maximum Gasteiger partial charge on any atom is 0.150 e. The normalized spacial score (nSPS) is 17.6. The second kappa shape index (κ2) is 9.79. The van der Waals surface area contributed by atoms with Crippen LogP contribution in [0.3, 0.4) is 0 Å². The van der Waals surface area contributed by atoms with E-state index < -0.39 is 0 Å². The van der Waals surface area contributed by atoms with E-state index >= 15 is 0 Å². The van der Waals surface area contributed by atoms with Crippen molar-refractivity contribution >= 4 is 10.9 Å². The first-order chi connectivity index (χ1) is 18.8. The lowest BCUT2D eigenvalue weighted by Crippen LogP contribution is -2.23. The predicted octanol–water partition coefficient (Wildman–Crippen LogP) is 4.75. The summed E-state index contributed by atoms with van der Waals surface area (Å²) in [7, 11) is 0. The fourth-order valence-electron chi connectivity index (χ4n) is 5.63. The molecule has 1 saturated heterocycles. The zero-order chi connectivity index (χ0) is 25.5. The van der Waals surface area contributed by atoms with Crippen molar-refractivity contribution in [1.82, 2.24) is 30.1 Å². The lowest BCUT2D eigenvalue weighted by molar-refractivity contribution is -0.0365. The summed E-state index contributed by atoms with van der Waals surface area (Å²) in [6.45, 7) is 3.18. The van der Waals surface area contributed by atoms with Gasteiger partial charge in [-0.05, 0) is 90.4 Å². The monoisotopic (exact) mass is 505 g/mol. The molecule has 1 atom stereocenters. The molecule has 0 radical (unpaired) electrons. The van der Waals surface area contributed by atoms with Gasteiger partial charge in [-0.1, -0.05) is 35.5 Å². The molecule has 1 unspecified atom stereocenters. The average molecular weight is 506 g/mol. The molecule has 2 aliphatic heterocycles. The van der Waals surface area contributed by atoms with Crippen molar-refractivity contribution in [3.05, 3.63) is 83.6 Å². The molecule has 3 aromatic carbocycles. The predicted molar refractivity (Wildman–Crippen MR) is 148 cm³/mol. The number of benzene rings is 3. The van der Waals surface area contributed by atoms with Gasteiger partial charge in [0.25, 0.3) is 0 Å². The van der Waals surface area contributed by atoms with E-state index in [2.05, 4.69) is 76.3 Å². The maximum absolute atomic E-state index is 6.13. The third-order valence-corrected chi connectivity index (χ3v) is 7.71. The smallest absolute Gasteiger partial charge is 0.150 e. The zero-order valence-electron chi connectivity index (χ0n) is 21.3. The molecule has 0 amide bonds. The average Bonchev–Trinajstić information content (AvgIpc) is 3.62. The lowest BCUT2D eigenvalue weighted by Gasteiger charge is -2.23. The van der Waals surface area contributed by atoms with Gasteiger partial charge in [0, 0.05) is 25.1 Å². The van der Waals surface area contributed by atoms with E-state index in [1.54, 1.807) is 0 Å². The van der Waals surface area contributed by atoms with Crippen LogP contribution in [-0.2, 0) is 24.2 Å². The Labute approximate surface area is 221 Å². The largest absolute Gasteiger partial charge is 0.356 e. The highest BCUT2D eigenvalue weighted by atomic mass is 16.5. The van der Waals surface area contributed by atoms with Crippen molar-refractivity contribution in [2.24, 2.45) is 5.73 Å². The van der Waals surface area contributed by atoms with Gasteiger partial charge in [0.05, 0.1) is 17.4 Å². The molecule has 4 heterocycles. The second-order valence-electron chi connectivity index (χ2n) is 10.2. The summed E-state index contributed by atoms with van der Waals surface area (Å²) in [4.78, 5) is 0.